The monoisotopic (exact) mass is 520 g/mol. The molecule has 6 nitrogen and oxygen atoms in total. The fourth-order valence-electron chi connectivity index (χ4n) is 5.55. The Hall–Kier alpha value is -3.45. The summed E-state index contributed by atoms with van der Waals surface area (Å²) in [5.41, 5.74) is 4.01. The molecule has 0 spiro atoms. The molecule has 2 amide bonds. The third-order valence-corrected chi connectivity index (χ3v) is 8.15. The Morgan fingerprint density at radius 1 is 0.973 bits per heavy atom. The third-order valence-electron chi connectivity index (χ3n) is 7.77. The van der Waals surface area contributed by atoms with Gasteiger partial charge in [-0.3, -0.25) is 14.6 Å². The Morgan fingerprint density at radius 2 is 1.70 bits per heavy atom. The van der Waals surface area contributed by atoms with E-state index in [1.54, 1.807) is 24.3 Å². The Balaban J connectivity index is 1.29. The molecule has 0 bridgehead atoms. The van der Waals surface area contributed by atoms with Gasteiger partial charge in [0.25, 0.3) is 11.8 Å². The number of anilines is 1. The number of carbonyl (C=O) groups is 2. The van der Waals surface area contributed by atoms with Crippen molar-refractivity contribution in [2.24, 2.45) is 0 Å². The summed E-state index contributed by atoms with van der Waals surface area (Å²) in [4.78, 5) is 36.5. The van der Waals surface area contributed by atoms with E-state index in [0.717, 1.165) is 55.6 Å². The first-order valence-corrected chi connectivity index (χ1v) is 13.0. The molecule has 3 aromatic rings. The Morgan fingerprint density at radius 3 is 2.43 bits per heavy atom. The highest BCUT2D eigenvalue weighted by Crippen LogP contribution is 2.37. The van der Waals surface area contributed by atoms with Crippen LogP contribution in [0.3, 0.4) is 0 Å². The minimum atomic E-state index is -0.615. The summed E-state index contributed by atoms with van der Waals surface area (Å²) in [6.45, 7) is 1.77. The van der Waals surface area contributed by atoms with Crippen molar-refractivity contribution in [1.29, 1.82) is 0 Å². The predicted molar refractivity (Wildman–Crippen MR) is 143 cm³/mol. The number of amides is 2. The maximum absolute atomic E-state index is 13.9. The number of halogens is 2. The molecule has 1 saturated heterocycles. The molecule has 37 heavy (non-hydrogen) atoms. The van der Waals surface area contributed by atoms with Gasteiger partial charge in [0.1, 0.15) is 5.82 Å². The first kappa shape index (κ1) is 25.2. The predicted octanol–water partition coefficient (Wildman–Crippen LogP) is 5.37. The zero-order valence-corrected chi connectivity index (χ0v) is 21.8. The molecule has 192 valence electrons. The molecule has 8 heteroatoms. The van der Waals surface area contributed by atoms with Crippen molar-refractivity contribution in [2.45, 2.75) is 37.8 Å². The highest BCUT2D eigenvalue weighted by atomic mass is 35.5. The molecule has 0 unspecified atom stereocenters. The number of pyridine rings is 1. The second kappa shape index (κ2) is 10.5. The highest BCUT2D eigenvalue weighted by Gasteiger charge is 2.32. The number of aromatic nitrogens is 1. The van der Waals surface area contributed by atoms with Crippen molar-refractivity contribution >= 4 is 29.1 Å². The summed E-state index contributed by atoms with van der Waals surface area (Å²) in [7, 11) is 3.59. The topological polar surface area (TPSA) is 56.8 Å². The van der Waals surface area contributed by atoms with Gasteiger partial charge in [-0.15, -0.1) is 0 Å². The molecule has 0 saturated carbocycles. The highest BCUT2D eigenvalue weighted by molar-refractivity contribution is 6.34. The van der Waals surface area contributed by atoms with Crippen molar-refractivity contribution in [3.8, 4) is 0 Å². The van der Waals surface area contributed by atoms with Gasteiger partial charge in [0, 0.05) is 56.9 Å². The summed E-state index contributed by atoms with van der Waals surface area (Å²) >= 11 is 6.08. The molecule has 1 aromatic heterocycles. The minimum Gasteiger partial charge on any atom is -0.371 e. The number of hydrogen-bond donors (Lipinski definition) is 0. The zero-order chi connectivity index (χ0) is 26.1. The van der Waals surface area contributed by atoms with Crippen LogP contribution in [-0.4, -0.2) is 59.8 Å². The van der Waals surface area contributed by atoms with Gasteiger partial charge in [0.05, 0.1) is 16.6 Å². The van der Waals surface area contributed by atoms with E-state index in [2.05, 4.69) is 9.88 Å². The number of carbonyl (C=O) groups excluding carboxylic acids is 2. The van der Waals surface area contributed by atoms with Crippen molar-refractivity contribution in [3.05, 3.63) is 94.0 Å². The number of aryl methyl sites for hydroxylation is 1. The Labute approximate surface area is 221 Å². The van der Waals surface area contributed by atoms with Crippen molar-refractivity contribution in [1.82, 2.24) is 14.8 Å². The maximum atomic E-state index is 13.9. The van der Waals surface area contributed by atoms with Crippen LogP contribution in [0.1, 0.15) is 57.1 Å². The van der Waals surface area contributed by atoms with E-state index in [0.29, 0.717) is 5.56 Å². The largest absolute Gasteiger partial charge is 0.371 e. The van der Waals surface area contributed by atoms with Crippen LogP contribution in [0.4, 0.5) is 10.1 Å². The standard InChI is InChI=1S/C29H30ClFN4O2/c1-33(21-12-16-35(17-13-21)22-10-14-32-15-11-22)28(36)20-7-6-19-8-9-26(24(19)18-20)34(2)29(37)23-4-3-5-25(31)27(23)30/h3-7,10-11,14-15,18,21,26H,8-9,12-13,16-17H2,1-2H3/t26-/m1/s1. The first-order chi connectivity index (χ1) is 17.8. The van der Waals surface area contributed by atoms with E-state index in [1.807, 2.05) is 42.3 Å². The van der Waals surface area contributed by atoms with Gasteiger partial charge < -0.3 is 14.7 Å². The molecule has 5 rings (SSSR count). The molecule has 1 atom stereocenters. The van der Waals surface area contributed by atoms with E-state index < -0.39 is 5.82 Å². The number of hydrogen-bond acceptors (Lipinski definition) is 4. The molecule has 1 fully saturated rings. The molecule has 0 radical (unpaired) electrons. The summed E-state index contributed by atoms with van der Waals surface area (Å²) in [6.07, 6.45) is 6.94. The first-order valence-electron chi connectivity index (χ1n) is 12.6. The quantitative estimate of drug-likeness (QED) is 0.453. The number of rotatable bonds is 5. The van der Waals surface area contributed by atoms with Gasteiger partial charge in [0.2, 0.25) is 0 Å². The second-order valence-corrected chi connectivity index (χ2v) is 10.2. The SMILES string of the molecule is CN(C(=O)c1ccc2c(c1)[C@H](N(C)C(=O)c1cccc(F)c1Cl)CC2)C1CCN(c2ccncc2)CC1. The van der Waals surface area contributed by atoms with Gasteiger partial charge in [-0.25, -0.2) is 4.39 Å². The summed E-state index contributed by atoms with van der Waals surface area (Å²) in [6, 6.07) is 14.1. The average molecular weight is 521 g/mol. The van der Waals surface area contributed by atoms with Crippen LogP contribution in [0.15, 0.2) is 60.9 Å². The van der Waals surface area contributed by atoms with Crippen LogP contribution in [0.5, 0.6) is 0 Å². The number of benzene rings is 2. The van der Waals surface area contributed by atoms with E-state index >= 15 is 0 Å². The van der Waals surface area contributed by atoms with E-state index in [1.165, 1.54) is 18.2 Å². The van der Waals surface area contributed by atoms with Crippen LogP contribution in [0.25, 0.3) is 0 Å². The van der Waals surface area contributed by atoms with Crippen LogP contribution in [-0.2, 0) is 6.42 Å². The smallest absolute Gasteiger partial charge is 0.255 e. The average Bonchev–Trinajstić information content (AvgIpc) is 3.37. The van der Waals surface area contributed by atoms with Gasteiger partial charge in [0.15, 0.2) is 0 Å². The fourth-order valence-corrected chi connectivity index (χ4v) is 5.76. The summed E-state index contributed by atoms with van der Waals surface area (Å²) in [5, 5.41) is -0.168. The summed E-state index contributed by atoms with van der Waals surface area (Å²) in [5.74, 6) is -0.967. The van der Waals surface area contributed by atoms with Gasteiger partial charge in [-0.2, -0.15) is 0 Å². The molecule has 1 aliphatic heterocycles. The van der Waals surface area contributed by atoms with Crippen LogP contribution >= 0.6 is 11.6 Å². The zero-order valence-electron chi connectivity index (χ0n) is 21.0. The number of nitrogens with zero attached hydrogens (tertiary/aromatic N) is 4. The maximum Gasteiger partial charge on any atom is 0.255 e. The van der Waals surface area contributed by atoms with E-state index in [-0.39, 0.29) is 34.5 Å². The van der Waals surface area contributed by atoms with Crippen LogP contribution in [0, 0.1) is 5.82 Å². The van der Waals surface area contributed by atoms with Crippen molar-refractivity contribution in [2.75, 3.05) is 32.1 Å². The van der Waals surface area contributed by atoms with Gasteiger partial charge in [-0.1, -0.05) is 23.7 Å². The van der Waals surface area contributed by atoms with E-state index in [9.17, 15) is 14.0 Å². The second-order valence-electron chi connectivity index (χ2n) is 9.83. The molecule has 2 aromatic carbocycles. The van der Waals surface area contributed by atoms with E-state index in [4.69, 9.17) is 11.6 Å². The van der Waals surface area contributed by atoms with Crippen LogP contribution in [0.2, 0.25) is 5.02 Å². The Kier molecular flexibility index (Phi) is 7.15. The minimum absolute atomic E-state index is 0.0158. The third kappa shape index (κ3) is 4.92. The van der Waals surface area contributed by atoms with Gasteiger partial charge >= 0.3 is 0 Å². The molecule has 1 aliphatic carbocycles. The lowest BCUT2D eigenvalue weighted by Crippen LogP contribution is -2.45. The lowest BCUT2D eigenvalue weighted by atomic mass is 9.99. The van der Waals surface area contributed by atoms with Crippen LogP contribution < -0.4 is 4.90 Å². The van der Waals surface area contributed by atoms with Crippen molar-refractivity contribution < 1.29 is 14.0 Å². The number of piperidine rings is 1. The molecular weight excluding hydrogens is 491 g/mol. The normalized spacial score (nSPS) is 17.4. The Bertz CT molecular complexity index is 1310. The lowest BCUT2D eigenvalue weighted by molar-refractivity contribution is 0.0709. The molecular formula is C29H30ClFN4O2. The van der Waals surface area contributed by atoms with Gasteiger partial charge in [-0.05, 0) is 73.2 Å². The van der Waals surface area contributed by atoms with Crippen molar-refractivity contribution in [3.63, 3.8) is 0 Å². The molecule has 0 N–H and O–H groups in total. The molecule has 2 aliphatic rings. The lowest BCUT2D eigenvalue weighted by Gasteiger charge is -2.38. The summed E-state index contributed by atoms with van der Waals surface area (Å²) < 4.78 is 13.9. The molecule has 2 heterocycles. The fraction of sp³-hybridized carbons (Fsp3) is 0.345. The number of fused-ring (bicyclic) bond motifs is 1.